The lowest BCUT2D eigenvalue weighted by molar-refractivity contribution is -0.151. The quantitative estimate of drug-likeness (QED) is 0.708. The Hall–Kier alpha value is -1.30. The summed E-state index contributed by atoms with van der Waals surface area (Å²) in [7, 11) is 0. The van der Waals surface area contributed by atoms with Crippen molar-refractivity contribution in [3.63, 3.8) is 0 Å². The Bertz CT molecular complexity index is 324. The van der Waals surface area contributed by atoms with Crippen molar-refractivity contribution in [3.05, 3.63) is 0 Å². The van der Waals surface area contributed by atoms with Gasteiger partial charge in [-0.05, 0) is 27.7 Å². The zero-order valence-electron chi connectivity index (χ0n) is 10.7. The third-order valence-corrected chi connectivity index (χ3v) is 2.65. The number of ether oxygens (including phenoxy) is 1. The zero-order chi connectivity index (χ0) is 13.3. The van der Waals surface area contributed by atoms with Crippen molar-refractivity contribution in [1.29, 1.82) is 0 Å². The van der Waals surface area contributed by atoms with Crippen LogP contribution in [0.5, 0.6) is 0 Å². The van der Waals surface area contributed by atoms with Crippen LogP contribution in [0.15, 0.2) is 0 Å². The van der Waals surface area contributed by atoms with Gasteiger partial charge in [-0.3, -0.25) is 4.90 Å². The highest BCUT2D eigenvalue weighted by Crippen LogP contribution is 2.21. The molecule has 0 radical (unpaired) electrons. The molecule has 1 fully saturated rings. The van der Waals surface area contributed by atoms with E-state index in [1.807, 2.05) is 0 Å². The molecule has 6 heteroatoms. The highest BCUT2D eigenvalue weighted by molar-refractivity contribution is 5.84. The molecule has 0 saturated carbocycles. The van der Waals surface area contributed by atoms with Crippen molar-refractivity contribution in [2.45, 2.75) is 38.8 Å². The average Bonchev–Trinajstić information content (AvgIpc) is 2.15. The fourth-order valence-electron chi connectivity index (χ4n) is 1.67. The Morgan fingerprint density at radius 3 is 2.47 bits per heavy atom. The molecule has 1 heterocycles. The molecule has 2 N–H and O–H groups in total. The van der Waals surface area contributed by atoms with E-state index in [4.69, 9.17) is 4.74 Å². The molecule has 1 aliphatic heterocycles. The first kappa shape index (κ1) is 13.8. The second-order valence-electron chi connectivity index (χ2n) is 5.39. The van der Waals surface area contributed by atoms with E-state index in [2.05, 4.69) is 5.32 Å². The summed E-state index contributed by atoms with van der Waals surface area (Å²) in [5.41, 5.74) is -1.87. The maximum atomic E-state index is 11.9. The summed E-state index contributed by atoms with van der Waals surface area (Å²) < 4.78 is 5.22. The molecule has 17 heavy (non-hydrogen) atoms. The average molecular weight is 244 g/mol. The SMILES string of the molecule is CC(C)(C)OC(=O)N1CCNC[C@]1(C)C(=O)O. The molecule has 0 aromatic carbocycles. The predicted octanol–water partition coefficient (Wildman–Crippen LogP) is 0.670. The van der Waals surface area contributed by atoms with Gasteiger partial charge in [-0.1, -0.05) is 0 Å². The molecule has 1 rings (SSSR count). The van der Waals surface area contributed by atoms with Crippen LogP contribution in [0.25, 0.3) is 0 Å². The van der Waals surface area contributed by atoms with Crippen molar-refractivity contribution in [2.24, 2.45) is 0 Å². The van der Waals surface area contributed by atoms with Gasteiger partial charge in [-0.25, -0.2) is 9.59 Å². The fraction of sp³-hybridized carbons (Fsp3) is 0.818. The number of carboxylic acids is 1. The van der Waals surface area contributed by atoms with Crippen LogP contribution in [0.1, 0.15) is 27.7 Å². The molecule has 0 bridgehead atoms. The summed E-state index contributed by atoms with van der Waals surface area (Å²) in [5.74, 6) is -1.03. The van der Waals surface area contributed by atoms with Gasteiger partial charge >= 0.3 is 12.1 Å². The van der Waals surface area contributed by atoms with Gasteiger partial charge in [0.05, 0.1) is 0 Å². The molecular formula is C11H20N2O4. The Morgan fingerprint density at radius 1 is 1.41 bits per heavy atom. The number of rotatable bonds is 1. The summed E-state index contributed by atoms with van der Waals surface area (Å²) >= 11 is 0. The summed E-state index contributed by atoms with van der Waals surface area (Å²) in [6, 6.07) is 0. The van der Waals surface area contributed by atoms with Crippen LogP contribution in [0.3, 0.4) is 0 Å². The monoisotopic (exact) mass is 244 g/mol. The Morgan fingerprint density at radius 2 is 2.00 bits per heavy atom. The number of hydrogen-bond acceptors (Lipinski definition) is 4. The second-order valence-corrected chi connectivity index (χ2v) is 5.39. The molecule has 1 aliphatic rings. The highest BCUT2D eigenvalue weighted by atomic mass is 16.6. The van der Waals surface area contributed by atoms with Gasteiger partial charge in [0.25, 0.3) is 0 Å². The minimum absolute atomic E-state index is 0.224. The van der Waals surface area contributed by atoms with Crippen molar-refractivity contribution >= 4 is 12.1 Å². The van der Waals surface area contributed by atoms with Crippen molar-refractivity contribution < 1.29 is 19.4 Å². The van der Waals surface area contributed by atoms with Gasteiger partial charge in [0.15, 0.2) is 5.54 Å². The van der Waals surface area contributed by atoms with Crippen LogP contribution in [-0.2, 0) is 9.53 Å². The maximum absolute atomic E-state index is 11.9. The molecule has 0 unspecified atom stereocenters. The van der Waals surface area contributed by atoms with E-state index in [-0.39, 0.29) is 6.54 Å². The number of nitrogens with zero attached hydrogens (tertiary/aromatic N) is 1. The number of carbonyl (C=O) groups is 2. The summed E-state index contributed by atoms with van der Waals surface area (Å²) in [6.07, 6.45) is -0.580. The molecule has 98 valence electrons. The van der Waals surface area contributed by atoms with Gasteiger partial charge in [0.2, 0.25) is 0 Å². The lowest BCUT2D eigenvalue weighted by atomic mass is 9.98. The van der Waals surface area contributed by atoms with Crippen molar-refractivity contribution in [2.75, 3.05) is 19.6 Å². The molecular weight excluding hydrogens is 224 g/mol. The largest absolute Gasteiger partial charge is 0.479 e. The number of aliphatic carboxylic acids is 1. The summed E-state index contributed by atoms with van der Waals surface area (Å²) in [5, 5.41) is 12.2. The van der Waals surface area contributed by atoms with E-state index < -0.39 is 23.2 Å². The summed E-state index contributed by atoms with van der Waals surface area (Å²) in [4.78, 5) is 24.5. The number of amides is 1. The molecule has 1 atom stereocenters. The number of hydrogen-bond donors (Lipinski definition) is 2. The third kappa shape index (κ3) is 3.09. The van der Waals surface area contributed by atoms with E-state index in [1.165, 1.54) is 11.8 Å². The minimum Gasteiger partial charge on any atom is -0.479 e. The zero-order valence-corrected chi connectivity index (χ0v) is 10.7. The standard InChI is InChI=1S/C11H20N2O4/c1-10(2,3)17-9(16)13-6-5-12-7-11(13,4)8(14)15/h12H,5-7H2,1-4H3,(H,14,15)/t11-/m1/s1. The lowest BCUT2D eigenvalue weighted by Crippen LogP contribution is -2.65. The van der Waals surface area contributed by atoms with E-state index in [0.29, 0.717) is 13.1 Å². The number of carbonyl (C=O) groups excluding carboxylic acids is 1. The number of piperazine rings is 1. The first-order valence-corrected chi connectivity index (χ1v) is 5.61. The first-order valence-electron chi connectivity index (χ1n) is 5.61. The first-order chi connectivity index (χ1) is 7.67. The van der Waals surface area contributed by atoms with E-state index in [0.717, 1.165) is 0 Å². The normalized spacial score (nSPS) is 25.5. The van der Waals surface area contributed by atoms with Crippen LogP contribution in [0.2, 0.25) is 0 Å². The van der Waals surface area contributed by atoms with Crippen LogP contribution < -0.4 is 5.32 Å². The molecule has 0 aromatic heterocycles. The third-order valence-electron chi connectivity index (χ3n) is 2.65. The fourth-order valence-corrected chi connectivity index (χ4v) is 1.67. The molecule has 0 aliphatic carbocycles. The van der Waals surface area contributed by atoms with Gasteiger partial charge in [-0.2, -0.15) is 0 Å². The Balaban J connectivity index is 2.86. The smallest absolute Gasteiger partial charge is 0.411 e. The van der Waals surface area contributed by atoms with Gasteiger partial charge < -0.3 is 15.2 Å². The maximum Gasteiger partial charge on any atom is 0.411 e. The Kier molecular flexibility index (Phi) is 3.66. The van der Waals surface area contributed by atoms with Gasteiger partial charge in [-0.15, -0.1) is 0 Å². The predicted molar refractivity (Wildman–Crippen MR) is 61.9 cm³/mol. The topological polar surface area (TPSA) is 78.9 Å². The Labute approximate surface area is 101 Å². The van der Waals surface area contributed by atoms with Crippen molar-refractivity contribution in [1.82, 2.24) is 10.2 Å². The van der Waals surface area contributed by atoms with Crippen LogP contribution in [-0.4, -0.2) is 52.8 Å². The van der Waals surface area contributed by atoms with Crippen LogP contribution in [0, 0.1) is 0 Å². The number of carboxylic acid groups (broad SMARTS) is 1. The number of nitrogens with one attached hydrogen (secondary N) is 1. The highest BCUT2D eigenvalue weighted by Gasteiger charge is 2.45. The molecule has 0 aromatic rings. The molecule has 0 spiro atoms. The van der Waals surface area contributed by atoms with Crippen LogP contribution in [0.4, 0.5) is 4.79 Å². The second kappa shape index (κ2) is 4.52. The summed E-state index contributed by atoms with van der Waals surface area (Å²) in [6.45, 7) is 7.91. The molecule has 1 saturated heterocycles. The lowest BCUT2D eigenvalue weighted by Gasteiger charge is -2.42. The molecule has 1 amide bonds. The van der Waals surface area contributed by atoms with Gasteiger partial charge in [0, 0.05) is 19.6 Å². The van der Waals surface area contributed by atoms with E-state index in [9.17, 15) is 14.7 Å². The van der Waals surface area contributed by atoms with Gasteiger partial charge in [0.1, 0.15) is 5.60 Å². The van der Waals surface area contributed by atoms with E-state index >= 15 is 0 Å². The molecule has 6 nitrogen and oxygen atoms in total. The van der Waals surface area contributed by atoms with Crippen LogP contribution >= 0.6 is 0 Å². The minimum atomic E-state index is -1.25. The van der Waals surface area contributed by atoms with E-state index in [1.54, 1.807) is 20.8 Å². The van der Waals surface area contributed by atoms with Crippen molar-refractivity contribution in [3.8, 4) is 0 Å².